The standard InChI is InChI=1S/C18H34O4.2ClH/c1-15(2)16(13-14-18(21)22)11-9-7-5-3-4-6-8-10-12-17(19)20;;/h15-16H,3-14H2,1-2H3,(H,19,20)(H,21,22);2*1H. The van der Waals surface area contributed by atoms with Crippen LogP contribution in [-0.2, 0) is 9.59 Å². The zero-order chi connectivity index (χ0) is 16.8. The Morgan fingerprint density at radius 1 is 0.667 bits per heavy atom. The van der Waals surface area contributed by atoms with Crippen LogP contribution >= 0.6 is 24.8 Å². The molecule has 0 spiro atoms. The maximum atomic E-state index is 10.7. The van der Waals surface area contributed by atoms with Crippen molar-refractivity contribution in [3.63, 3.8) is 0 Å². The van der Waals surface area contributed by atoms with Gasteiger partial charge in [0.05, 0.1) is 0 Å². The molecule has 1 unspecified atom stereocenters. The summed E-state index contributed by atoms with van der Waals surface area (Å²) >= 11 is 0. The number of aliphatic carboxylic acids is 2. The fraction of sp³-hybridized carbons (Fsp3) is 0.889. The van der Waals surface area contributed by atoms with Gasteiger partial charge in [0, 0.05) is 12.8 Å². The molecule has 0 aliphatic heterocycles. The first-order chi connectivity index (χ1) is 10.4. The van der Waals surface area contributed by atoms with Crippen LogP contribution in [0.1, 0.15) is 90.9 Å². The van der Waals surface area contributed by atoms with Crippen molar-refractivity contribution in [3.05, 3.63) is 0 Å². The normalized spacial score (nSPS) is 11.5. The first kappa shape index (κ1) is 28.3. The molecule has 24 heavy (non-hydrogen) atoms. The van der Waals surface area contributed by atoms with Gasteiger partial charge in [-0.15, -0.1) is 24.8 Å². The number of unbranched alkanes of at least 4 members (excludes halogenated alkanes) is 7. The highest BCUT2D eigenvalue weighted by atomic mass is 35.5. The van der Waals surface area contributed by atoms with E-state index in [1.54, 1.807) is 0 Å². The number of carboxylic acid groups (broad SMARTS) is 2. The molecule has 0 saturated heterocycles. The second-order valence-electron chi connectivity index (χ2n) is 6.70. The highest BCUT2D eigenvalue weighted by molar-refractivity contribution is 5.85. The van der Waals surface area contributed by atoms with Crippen LogP contribution in [0.4, 0.5) is 0 Å². The van der Waals surface area contributed by atoms with E-state index < -0.39 is 11.9 Å². The van der Waals surface area contributed by atoms with Crippen molar-refractivity contribution in [1.29, 1.82) is 0 Å². The molecule has 0 aromatic heterocycles. The number of hydrogen-bond acceptors (Lipinski definition) is 2. The molecule has 0 aromatic carbocycles. The quantitative estimate of drug-likeness (QED) is 0.340. The van der Waals surface area contributed by atoms with Crippen molar-refractivity contribution in [2.75, 3.05) is 0 Å². The molecule has 0 amide bonds. The second-order valence-corrected chi connectivity index (χ2v) is 6.70. The fourth-order valence-electron chi connectivity index (χ4n) is 2.86. The Balaban J connectivity index is -0.00000220. The lowest BCUT2D eigenvalue weighted by atomic mass is 9.86. The first-order valence-corrected chi connectivity index (χ1v) is 8.87. The molecule has 146 valence electrons. The van der Waals surface area contributed by atoms with Crippen molar-refractivity contribution in [2.24, 2.45) is 11.8 Å². The molecule has 1 atom stereocenters. The van der Waals surface area contributed by atoms with Gasteiger partial charge in [0.25, 0.3) is 0 Å². The minimum absolute atomic E-state index is 0. The Hall–Kier alpha value is -0.480. The summed E-state index contributed by atoms with van der Waals surface area (Å²) in [5.41, 5.74) is 0. The molecular formula is C18H36Cl2O4. The average Bonchev–Trinajstić information content (AvgIpc) is 2.42. The van der Waals surface area contributed by atoms with Crippen LogP contribution in [0.2, 0.25) is 0 Å². The van der Waals surface area contributed by atoms with Gasteiger partial charge in [0.1, 0.15) is 0 Å². The SMILES string of the molecule is CC(C)C(CCCCCCCCCCC(=O)O)CCC(=O)O.Cl.Cl. The summed E-state index contributed by atoms with van der Waals surface area (Å²) in [5, 5.41) is 17.3. The van der Waals surface area contributed by atoms with Gasteiger partial charge in [-0.1, -0.05) is 65.2 Å². The van der Waals surface area contributed by atoms with E-state index in [4.69, 9.17) is 10.2 Å². The van der Waals surface area contributed by atoms with Crippen molar-refractivity contribution in [2.45, 2.75) is 90.9 Å². The van der Waals surface area contributed by atoms with Gasteiger partial charge in [0.2, 0.25) is 0 Å². The van der Waals surface area contributed by atoms with E-state index in [1.165, 1.54) is 32.1 Å². The fourth-order valence-corrected chi connectivity index (χ4v) is 2.86. The molecular weight excluding hydrogens is 351 g/mol. The summed E-state index contributed by atoms with van der Waals surface area (Å²) in [5.74, 6) is -0.281. The van der Waals surface area contributed by atoms with Crippen LogP contribution in [0.3, 0.4) is 0 Å². The molecule has 0 fully saturated rings. The highest BCUT2D eigenvalue weighted by Gasteiger charge is 2.14. The van der Waals surface area contributed by atoms with Crippen LogP contribution in [0.15, 0.2) is 0 Å². The summed E-state index contributed by atoms with van der Waals surface area (Å²) < 4.78 is 0. The van der Waals surface area contributed by atoms with Gasteiger partial charge in [0.15, 0.2) is 0 Å². The van der Waals surface area contributed by atoms with E-state index in [0.29, 0.717) is 24.7 Å². The van der Waals surface area contributed by atoms with Gasteiger partial charge in [-0.3, -0.25) is 9.59 Å². The van der Waals surface area contributed by atoms with Crippen molar-refractivity contribution >= 4 is 36.8 Å². The van der Waals surface area contributed by atoms with Gasteiger partial charge in [-0.25, -0.2) is 0 Å². The predicted octanol–water partition coefficient (Wildman–Crippen LogP) is 5.95. The predicted molar refractivity (Wildman–Crippen MR) is 103 cm³/mol. The molecule has 0 rings (SSSR count). The lowest BCUT2D eigenvalue weighted by molar-refractivity contribution is -0.138. The summed E-state index contributed by atoms with van der Waals surface area (Å²) in [6.07, 6.45) is 11.6. The Morgan fingerprint density at radius 3 is 1.50 bits per heavy atom. The van der Waals surface area contributed by atoms with Crippen LogP contribution in [0, 0.1) is 11.8 Å². The molecule has 0 heterocycles. The zero-order valence-corrected chi connectivity index (χ0v) is 16.8. The molecule has 2 N–H and O–H groups in total. The summed E-state index contributed by atoms with van der Waals surface area (Å²) in [4.78, 5) is 21.0. The highest BCUT2D eigenvalue weighted by Crippen LogP contribution is 2.24. The minimum Gasteiger partial charge on any atom is -0.481 e. The molecule has 0 radical (unpaired) electrons. The maximum absolute atomic E-state index is 10.7. The number of carboxylic acids is 2. The van der Waals surface area contributed by atoms with Crippen molar-refractivity contribution < 1.29 is 19.8 Å². The maximum Gasteiger partial charge on any atom is 0.303 e. The minimum atomic E-state index is -0.692. The van der Waals surface area contributed by atoms with E-state index in [2.05, 4.69) is 13.8 Å². The Morgan fingerprint density at radius 2 is 1.08 bits per heavy atom. The summed E-state index contributed by atoms with van der Waals surface area (Å²) in [6, 6.07) is 0. The smallest absolute Gasteiger partial charge is 0.303 e. The third kappa shape index (κ3) is 19.6. The lowest BCUT2D eigenvalue weighted by Gasteiger charge is -2.19. The first-order valence-electron chi connectivity index (χ1n) is 8.87. The lowest BCUT2D eigenvalue weighted by Crippen LogP contribution is -2.11. The van der Waals surface area contributed by atoms with E-state index in [9.17, 15) is 9.59 Å². The monoisotopic (exact) mass is 386 g/mol. The van der Waals surface area contributed by atoms with E-state index in [-0.39, 0.29) is 24.8 Å². The molecule has 0 saturated carbocycles. The van der Waals surface area contributed by atoms with Gasteiger partial charge >= 0.3 is 11.9 Å². The van der Waals surface area contributed by atoms with E-state index in [1.807, 2.05) is 0 Å². The van der Waals surface area contributed by atoms with Gasteiger partial charge in [-0.2, -0.15) is 0 Å². The zero-order valence-electron chi connectivity index (χ0n) is 15.2. The second kappa shape index (κ2) is 18.9. The largest absolute Gasteiger partial charge is 0.481 e. The number of rotatable bonds is 15. The van der Waals surface area contributed by atoms with Crippen molar-refractivity contribution in [1.82, 2.24) is 0 Å². The Labute approximate surface area is 159 Å². The molecule has 6 heteroatoms. The third-order valence-electron chi connectivity index (χ3n) is 4.39. The average molecular weight is 387 g/mol. The van der Waals surface area contributed by atoms with Crippen LogP contribution in [-0.4, -0.2) is 22.2 Å². The summed E-state index contributed by atoms with van der Waals surface area (Å²) in [7, 11) is 0. The third-order valence-corrected chi connectivity index (χ3v) is 4.39. The number of carbonyl (C=O) groups is 2. The Kier molecular flexibility index (Phi) is 22.3. The number of hydrogen-bond donors (Lipinski definition) is 2. The molecule has 0 aromatic rings. The van der Waals surface area contributed by atoms with Crippen molar-refractivity contribution in [3.8, 4) is 0 Å². The van der Waals surface area contributed by atoms with Crippen LogP contribution in [0.25, 0.3) is 0 Å². The van der Waals surface area contributed by atoms with Crippen LogP contribution < -0.4 is 0 Å². The van der Waals surface area contributed by atoms with Gasteiger partial charge < -0.3 is 10.2 Å². The summed E-state index contributed by atoms with van der Waals surface area (Å²) in [6.45, 7) is 4.37. The van der Waals surface area contributed by atoms with E-state index >= 15 is 0 Å². The molecule has 4 nitrogen and oxygen atoms in total. The Bertz CT molecular complexity index is 309. The molecule has 0 bridgehead atoms. The topological polar surface area (TPSA) is 74.6 Å². The van der Waals surface area contributed by atoms with Crippen LogP contribution in [0.5, 0.6) is 0 Å². The molecule has 0 aliphatic carbocycles. The van der Waals surface area contributed by atoms with Gasteiger partial charge in [-0.05, 0) is 24.7 Å². The number of halogens is 2. The molecule has 0 aliphatic rings. The van der Waals surface area contributed by atoms with E-state index in [0.717, 1.165) is 32.1 Å².